The third-order valence-corrected chi connectivity index (χ3v) is 4.34. The highest BCUT2D eigenvalue weighted by molar-refractivity contribution is 7.84. The lowest BCUT2D eigenvalue weighted by atomic mass is 10.2. The molecule has 0 radical (unpaired) electrons. The molecule has 3 nitrogen and oxygen atoms in total. The highest BCUT2D eigenvalue weighted by Crippen LogP contribution is 2.27. The minimum Gasteiger partial charge on any atom is -0.355 e. The highest BCUT2D eigenvalue weighted by atomic mass is 35.5. The van der Waals surface area contributed by atoms with E-state index < -0.39 is 10.8 Å². The molecule has 1 unspecified atom stereocenters. The van der Waals surface area contributed by atoms with Crippen LogP contribution < -0.4 is 5.32 Å². The predicted molar refractivity (Wildman–Crippen MR) is 88.8 cm³/mol. The quantitative estimate of drug-likeness (QED) is 0.780. The molecule has 2 aromatic carbocycles. The molecule has 0 spiro atoms. The van der Waals surface area contributed by atoms with Crippen molar-refractivity contribution in [3.05, 3.63) is 59.8 Å². The molecule has 0 saturated carbocycles. The van der Waals surface area contributed by atoms with Crippen LogP contribution in [0.25, 0.3) is 10.9 Å². The van der Waals surface area contributed by atoms with Crippen molar-refractivity contribution >= 4 is 44.7 Å². The lowest BCUT2D eigenvalue weighted by Gasteiger charge is -2.10. The van der Waals surface area contributed by atoms with Crippen LogP contribution in [0.2, 0.25) is 5.02 Å². The van der Waals surface area contributed by atoms with E-state index in [4.69, 9.17) is 11.6 Å². The summed E-state index contributed by atoms with van der Waals surface area (Å²) >= 11 is 5.89. The summed E-state index contributed by atoms with van der Waals surface area (Å²) < 4.78 is 11.7. The molecule has 0 aliphatic heterocycles. The lowest BCUT2D eigenvalue weighted by molar-refractivity contribution is 0.687. The molecule has 3 rings (SSSR count). The van der Waals surface area contributed by atoms with Crippen molar-refractivity contribution in [3.63, 3.8) is 0 Å². The van der Waals surface area contributed by atoms with Gasteiger partial charge in [0.1, 0.15) is 0 Å². The van der Waals surface area contributed by atoms with E-state index in [2.05, 4.69) is 10.3 Å². The summed E-state index contributed by atoms with van der Waals surface area (Å²) in [6, 6.07) is 15.0. The van der Waals surface area contributed by atoms with Gasteiger partial charge in [-0.3, -0.25) is 9.19 Å². The lowest BCUT2D eigenvalue weighted by Crippen LogP contribution is -1.94. The van der Waals surface area contributed by atoms with Crippen molar-refractivity contribution in [3.8, 4) is 0 Å². The number of nitrogens with one attached hydrogen (secondary N) is 1. The molecule has 0 amide bonds. The molecule has 0 aliphatic rings. The second-order valence-electron chi connectivity index (χ2n) is 4.62. The second kappa shape index (κ2) is 5.84. The Hall–Kier alpha value is -1.91. The number of nitrogens with zero attached hydrogens (tertiary/aromatic N) is 1. The van der Waals surface area contributed by atoms with Gasteiger partial charge in [0.05, 0.1) is 5.52 Å². The predicted octanol–water partition coefficient (Wildman–Crippen LogP) is 4.37. The number of halogens is 1. The van der Waals surface area contributed by atoms with Gasteiger partial charge in [-0.05, 0) is 48.5 Å². The standard InChI is InChI=1S/C16H13ClN2OS/c1-21(20)13-6-7-15-14(10-13)16(8-9-18-15)19-12-4-2-11(17)3-5-12/h2-10H,1H3,(H,18,19). The van der Waals surface area contributed by atoms with Crippen molar-refractivity contribution in [2.45, 2.75) is 4.90 Å². The maximum atomic E-state index is 11.7. The van der Waals surface area contributed by atoms with Crippen molar-refractivity contribution in [1.82, 2.24) is 4.98 Å². The highest BCUT2D eigenvalue weighted by Gasteiger charge is 2.05. The van der Waals surface area contributed by atoms with Gasteiger partial charge in [-0.25, -0.2) is 0 Å². The third-order valence-electron chi connectivity index (χ3n) is 3.17. The van der Waals surface area contributed by atoms with Gasteiger partial charge in [0, 0.05) is 49.9 Å². The number of anilines is 2. The third kappa shape index (κ3) is 3.06. The SMILES string of the molecule is CS(=O)c1ccc2nccc(Nc3ccc(Cl)cc3)c2c1. The molecular formula is C16H13ClN2OS. The van der Waals surface area contributed by atoms with Crippen molar-refractivity contribution < 1.29 is 4.21 Å². The summed E-state index contributed by atoms with van der Waals surface area (Å²) in [5.74, 6) is 0. The fourth-order valence-corrected chi connectivity index (χ4v) is 2.77. The average molecular weight is 317 g/mol. The Kier molecular flexibility index (Phi) is 3.90. The molecule has 0 saturated heterocycles. The second-order valence-corrected chi connectivity index (χ2v) is 6.44. The molecule has 1 heterocycles. The first kappa shape index (κ1) is 14.0. The van der Waals surface area contributed by atoms with E-state index in [1.807, 2.05) is 48.5 Å². The molecule has 1 N–H and O–H groups in total. The number of hydrogen-bond acceptors (Lipinski definition) is 3. The maximum Gasteiger partial charge on any atom is 0.0723 e. The van der Waals surface area contributed by atoms with Gasteiger partial charge >= 0.3 is 0 Å². The van der Waals surface area contributed by atoms with E-state index in [0.717, 1.165) is 27.2 Å². The molecule has 3 aromatic rings. The minimum atomic E-state index is -1.02. The van der Waals surface area contributed by atoms with Gasteiger partial charge in [0.2, 0.25) is 0 Å². The van der Waals surface area contributed by atoms with Crippen LogP contribution in [0.5, 0.6) is 0 Å². The largest absolute Gasteiger partial charge is 0.355 e. The number of pyridine rings is 1. The number of aromatic nitrogens is 1. The maximum absolute atomic E-state index is 11.7. The van der Waals surface area contributed by atoms with Gasteiger partial charge in [0.15, 0.2) is 0 Å². The number of hydrogen-bond donors (Lipinski definition) is 1. The zero-order valence-electron chi connectivity index (χ0n) is 11.3. The minimum absolute atomic E-state index is 0.698. The molecule has 0 fully saturated rings. The first-order valence-corrected chi connectivity index (χ1v) is 8.32. The molecule has 21 heavy (non-hydrogen) atoms. The smallest absolute Gasteiger partial charge is 0.0723 e. The fourth-order valence-electron chi connectivity index (χ4n) is 2.10. The number of fused-ring (bicyclic) bond motifs is 1. The van der Waals surface area contributed by atoms with Crippen LogP contribution in [-0.2, 0) is 10.8 Å². The van der Waals surface area contributed by atoms with Gasteiger partial charge in [0.25, 0.3) is 0 Å². The summed E-state index contributed by atoms with van der Waals surface area (Å²) in [5, 5.41) is 4.99. The molecule has 5 heteroatoms. The van der Waals surface area contributed by atoms with E-state index in [0.29, 0.717) is 5.02 Å². The Labute approximate surface area is 130 Å². The van der Waals surface area contributed by atoms with E-state index in [9.17, 15) is 4.21 Å². The first-order valence-electron chi connectivity index (χ1n) is 6.38. The number of benzene rings is 2. The molecule has 0 bridgehead atoms. The van der Waals surface area contributed by atoms with Crippen molar-refractivity contribution in [2.24, 2.45) is 0 Å². The monoisotopic (exact) mass is 316 g/mol. The van der Waals surface area contributed by atoms with Gasteiger partial charge in [-0.2, -0.15) is 0 Å². The molecule has 0 aliphatic carbocycles. The van der Waals surface area contributed by atoms with E-state index in [1.165, 1.54) is 0 Å². The van der Waals surface area contributed by atoms with Crippen LogP contribution in [0, 0.1) is 0 Å². The summed E-state index contributed by atoms with van der Waals surface area (Å²) in [6.07, 6.45) is 3.42. The van der Waals surface area contributed by atoms with Crippen LogP contribution in [0.4, 0.5) is 11.4 Å². The normalized spacial score (nSPS) is 12.3. The van der Waals surface area contributed by atoms with Gasteiger partial charge in [-0.15, -0.1) is 0 Å². The van der Waals surface area contributed by atoms with E-state index in [1.54, 1.807) is 12.5 Å². The van der Waals surface area contributed by atoms with Crippen LogP contribution >= 0.6 is 11.6 Å². The Bertz CT molecular complexity index is 818. The van der Waals surface area contributed by atoms with Gasteiger partial charge in [-0.1, -0.05) is 11.6 Å². The Morgan fingerprint density at radius 1 is 1.10 bits per heavy atom. The van der Waals surface area contributed by atoms with Crippen molar-refractivity contribution in [2.75, 3.05) is 11.6 Å². The van der Waals surface area contributed by atoms with Crippen LogP contribution in [0.3, 0.4) is 0 Å². The Balaban J connectivity index is 2.06. The average Bonchev–Trinajstić information content (AvgIpc) is 2.49. The zero-order valence-corrected chi connectivity index (χ0v) is 12.9. The molecule has 1 atom stereocenters. The molecule has 106 valence electrons. The molecular weight excluding hydrogens is 304 g/mol. The fraction of sp³-hybridized carbons (Fsp3) is 0.0625. The number of rotatable bonds is 3. The zero-order chi connectivity index (χ0) is 14.8. The van der Waals surface area contributed by atoms with Crippen molar-refractivity contribution in [1.29, 1.82) is 0 Å². The summed E-state index contributed by atoms with van der Waals surface area (Å²) in [4.78, 5) is 5.12. The van der Waals surface area contributed by atoms with Gasteiger partial charge < -0.3 is 5.32 Å². The summed E-state index contributed by atoms with van der Waals surface area (Å²) in [6.45, 7) is 0. The van der Waals surface area contributed by atoms with Crippen LogP contribution in [0.15, 0.2) is 59.6 Å². The molecule has 1 aromatic heterocycles. The van der Waals surface area contributed by atoms with Crippen LogP contribution in [0.1, 0.15) is 0 Å². The van der Waals surface area contributed by atoms with Crippen LogP contribution in [-0.4, -0.2) is 15.4 Å². The Morgan fingerprint density at radius 2 is 1.86 bits per heavy atom. The topological polar surface area (TPSA) is 42.0 Å². The summed E-state index contributed by atoms with van der Waals surface area (Å²) in [5.41, 5.74) is 2.73. The van der Waals surface area contributed by atoms with E-state index >= 15 is 0 Å². The Morgan fingerprint density at radius 3 is 2.57 bits per heavy atom. The first-order chi connectivity index (χ1) is 10.1. The summed E-state index contributed by atoms with van der Waals surface area (Å²) in [7, 11) is -1.02. The van der Waals surface area contributed by atoms with E-state index in [-0.39, 0.29) is 0 Å².